The number of ether oxygens (including phenoxy) is 1. The van der Waals surface area contributed by atoms with Gasteiger partial charge in [-0.3, -0.25) is 4.79 Å². The van der Waals surface area contributed by atoms with Gasteiger partial charge in [0, 0.05) is 35.9 Å². The van der Waals surface area contributed by atoms with Crippen molar-refractivity contribution in [2.45, 2.75) is 31.5 Å². The molecule has 1 aromatic heterocycles. The molecule has 3 rings (SSSR count). The molecule has 2 heterocycles. The highest BCUT2D eigenvalue weighted by Gasteiger charge is 2.22. The first kappa shape index (κ1) is 12.2. The minimum atomic E-state index is -0.0677. The van der Waals surface area contributed by atoms with Crippen molar-refractivity contribution in [1.29, 1.82) is 0 Å². The van der Waals surface area contributed by atoms with Crippen LogP contribution in [0.5, 0.6) is 0 Å². The third kappa shape index (κ3) is 2.93. The molecule has 2 N–H and O–H groups in total. The Balaban J connectivity index is 1.68. The lowest BCUT2D eigenvalue weighted by atomic mass is 10.3. The highest BCUT2D eigenvalue weighted by Crippen LogP contribution is 2.23. The molecule has 0 spiro atoms. The Morgan fingerprint density at radius 3 is 3.11 bits per heavy atom. The highest BCUT2D eigenvalue weighted by atomic mass is 32.2. The summed E-state index contributed by atoms with van der Waals surface area (Å²) in [6.07, 6.45) is 4.04. The zero-order valence-corrected chi connectivity index (χ0v) is 11.0. The van der Waals surface area contributed by atoms with Crippen LogP contribution in [0.1, 0.15) is 30.3 Å². The van der Waals surface area contributed by atoms with Crippen molar-refractivity contribution in [2.75, 3.05) is 18.1 Å². The van der Waals surface area contributed by atoms with E-state index in [0.717, 1.165) is 18.1 Å². The van der Waals surface area contributed by atoms with Crippen molar-refractivity contribution in [2.24, 2.45) is 0 Å². The molecule has 0 aromatic carbocycles. The third-order valence-electron chi connectivity index (χ3n) is 3.17. The Morgan fingerprint density at radius 1 is 1.56 bits per heavy atom. The summed E-state index contributed by atoms with van der Waals surface area (Å²) >= 11 is 1.83. The van der Waals surface area contributed by atoms with Crippen LogP contribution in [0.15, 0.2) is 11.0 Å². The van der Waals surface area contributed by atoms with Gasteiger partial charge in [-0.1, -0.05) is 0 Å². The summed E-state index contributed by atoms with van der Waals surface area (Å²) in [5.41, 5.74) is 0.654. The molecule has 1 saturated carbocycles. The van der Waals surface area contributed by atoms with Crippen LogP contribution in [-0.4, -0.2) is 34.1 Å². The Morgan fingerprint density at radius 2 is 2.44 bits per heavy atom. The molecule has 18 heavy (non-hydrogen) atoms. The zero-order valence-electron chi connectivity index (χ0n) is 10.1. The van der Waals surface area contributed by atoms with Crippen LogP contribution in [0.25, 0.3) is 0 Å². The minimum absolute atomic E-state index is 0.0488. The molecular formula is C12H17N3O2S. The molecule has 1 aliphatic heterocycles. The van der Waals surface area contributed by atoms with Gasteiger partial charge < -0.3 is 15.0 Å². The largest absolute Gasteiger partial charge is 0.369 e. The molecule has 0 bridgehead atoms. The van der Waals surface area contributed by atoms with Crippen molar-refractivity contribution in [1.82, 2.24) is 15.3 Å². The van der Waals surface area contributed by atoms with Crippen LogP contribution in [0.2, 0.25) is 0 Å². The van der Waals surface area contributed by atoms with Crippen LogP contribution in [0.3, 0.4) is 0 Å². The van der Waals surface area contributed by atoms with E-state index in [1.165, 1.54) is 12.8 Å². The van der Waals surface area contributed by atoms with E-state index in [0.29, 0.717) is 24.0 Å². The summed E-state index contributed by atoms with van der Waals surface area (Å²) in [5.74, 6) is 2.54. The fraction of sp³-hybridized carbons (Fsp3) is 0.667. The van der Waals surface area contributed by atoms with E-state index in [-0.39, 0.29) is 11.7 Å². The van der Waals surface area contributed by atoms with Gasteiger partial charge in [0.05, 0.1) is 6.61 Å². The summed E-state index contributed by atoms with van der Waals surface area (Å²) in [6, 6.07) is 0.599. The first-order valence-electron chi connectivity index (χ1n) is 6.34. The topological polar surface area (TPSA) is 67.0 Å². The lowest BCUT2D eigenvalue weighted by molar-refractivity contribution is 0.0692. The number of H-pyrrole nitrogens is 1. The van der Waals surface area contributed by atoms with Gasteiger partial charge in [-0.25, -0.2) is 4.98 Å². The molecule has 98 valence electrons. The lowest BCUT2D eigenvalue weighted by Gasteiger charge is -2.21. The molecule has 0 radical (unpaired) electrons. The summed E-state index contributed by atoms with van der Waals surface area (Å²) < 4.78 is 5.60. The van der Waals surface area contributed by atoms with Crippen LogP contribution in [0, 0.1) is 0 Å². The van der Waals surface area contributed by atoms with Crippen LogP contribution < -0.4 is 10.9 Å². The lowest BCUT2D eigenvalue weighted by Crippen LogP contribution is -2.26. The number of aromatic amines is 1. The van der Waals surface area contributed by atoms with E-state index < -0.39 is 0 Å². The van der Waals surface area contributed by atoms with E-state index in [1.807, 2.05) is 11.8 Å². The van der Waals surface area contributed by atoms with Gasteiger partial charge >= 0.3 is 0 Å². The van der Waals surface area contributed by atoms with Gasteiger partial charge in [-0.2, -0.15) is 11.8 Å². The standard InChI is InChI=1S/C12H17N3O2S/c16-12-8(5-13-9-1-2-9)6-14-11(15-12)10-7-18-4-3-17-10/h6,9-10,13H,1-5,7H2,(H,14,15,16). The van der Waals surface area contributed by atoms with Gasteiger partial charge in [-0.05, 0) is 12.8 Å². The Bertz CT molecular complexity index is 467. The quantitative estimate of drug-likeness (QED) is 0.845. The molecular weight excluding hydrogens is 250 g/mol. The second-order valence-corrected chi connectivity index (χ2v) is 5.86. The van der Waals surface area contributed by atoms with Crippen molar-refractivity contribution < 1.29 is 4.74 Å². The smallest absolute Gasteiger partial charge is 0.255 e. The monoisotopic (exact) mass is 267 g/mol. The number of thioether (sulfide) groups is 1. The Kier molecular flexibility index (Phi) is 3.67. The average Bonchev–Trinajstić information content (AvgIpc) is 3.22. The van der Waals surface area contributed by atoms with Crippen LogP contribution in [0.4, 0.5) is 0 Å². The molecule has 1 aliphatic carbocycles. The van der Waals surface area contributed by atoms with Crippen molar-refractivity contribution in [3.63, 3.8) is 0 Å². The maximum atomic E-state index is 11.9. The Hall–Kier alpha value is -0.850. The second-order valence-electron chi connectivity index (χ2n) is 4.71. The second kappa shape index (κ2) is 5.42. The van der Waals surface area contributed by atoms with Crippen LogP contribution in [-0.2, 0) is 11.3 Å². The van der Waals surface area contributed by atoms with Crippen molar-refractivity contribution in [3.8, 4) is 0 Å². The maximum absolute atomic E-state index is 11.9. The molecule has 6 heteroatoms. The normalized spacial score (nSPS) is 24.1. The summed E-state index contributed by atoms with van der Waals surface area (Å²) in [5, 5.41) is 3.32. The highest BCUT2D eigenvalue weighted by molar-refractivity contribution is 7.99. The first-order valence-corrected chi connectivity index (χ1v) is 7.49. The number of hydrogen-bond donors (Lipinski definition) is 2. The minimum Gasteiger partial charge on any atom is -0.369 e. The molecule has 1 unspecified atom stereocenters. The van der Waals surface area contributed by atoms with E-state index in [9.17, 15) is 4.79 Å². The number of aromatic nitrogens is 2. The van der Waals surface area contributed by atoms with Gasteiger partial charge in [0.1, 0.15) is 11.9 Å². The van der Waals surface area contributed by atoms with E-state index in [1.54, 1.807) is 6.20 Å². The Labute approximate surface area is 110 Å². The fourth-order valence-electron chi connectivity index (χ4n) is 1.91. The molecule has 0 amide bonds. The number of rotatable bonds is 4. The van der Waals surface area contributed by atoms with E-state index in [4.69, 9.17) is 4.74 Å². The molecule has 1 saturated heterocycles. The van der Waals surface area contributed by atoms with Crippen LogP contribution >= 0.6 is 11.8 Å². The fourth-order valence-corrected chi connectivity index (χ4v) is 2.76. The predicted molar refractivity (Wildman–Crippen MR) is 70.7 cm³/mol. The van der Waals surface area contributed by atoms with Gasteiger partial charge in [0.15, 0.2) is 0 Å². The van der Waals surface area contributed by atoms with Gasteiger partial charge in [0.2, 0.25) is 0 Å². The van der Waals surface area contributed by atoms with Gasteiger partial charge in [0.25, 0.3) is 5.56 Å². The molecule has 2 aliphatic rings. The number of hydrogen-bond acceptors (Lipinski definition) is 5. The molecule has 1 aromatic rings. The maximum Gasteiger partial charge on any atom is 0.255 e. The van der Waals surface area contributed by atoms with E-state index >= 15 is 0 Å². The summed E-state index contributed by atoms with van der Waals surface area (Å²) in [4.78, 5) is 19.1. The number of nitrogens with zero attached hydrogens (tertiary/aromatic N) is 1. The summed E-state index contributed by atoms with van der Waals surface area (Å²) in [6.45, 7) is 1.33. The first-order chi connectivity index (χ1) is 8.83. The number of nitrogens with one attached hydrogen (secondary N) is 2. The van der Waals surface area contributed by atoms with Crippen molar-refractivity contribution >= 4 is 11.8 Å². The summed E-state index contributed by atoms with van der Waals surface area (Å²) in [7, 11) is 0. The predicted octanol–water partition coefficient (Wildman–Crippen LogP) is 0.826. The van der Waals surface area contributed by atoms with Gasteiger partial charge in [-0.15, -0.1) is 0 Å². The van der Waals surface area contributed by atoms with E-state index in [2.05, 4.69) is 15.3 Å². The SMILES string of the molecule is O=c1[nH]c(C2CSCCO2)ncc1CNC1CC1. The van der Waals surface area contributed by atoms with Crippen molar-refractivity contribution in [3.05, 3.63) is 27.9 Å². The molecule has 2 fully saturated rings. The third-order valence-corrected chi connectivity index (χ3v) is 4.17. The average molecular weight is 267 g/mol. The zero-order chi connectivity index (χ0) is 12.4. The molecule has 1 atom stereocenters. The molecule has 5 nitrogen and oxygen atoms in total.